The minimum atomic E-state index is 0.665. The first kappa shape index (κ1) is 12.9. The van der Waals surface area contributed by atoms with Gasteiger partial charge in [-0.15, -0.1) is 0 Å². The molecule has 4 nitrogen and oxygen atoms in total. The molecule has 90 valence electrons. The van der Waals surface area contributed by atoms with Gasteiger partial charge < -0.3 is 14.8 Å². The third-order valence-electron chi connectivity index (χ3n) is 2.86. The van der Waals surface area contributed by atoms with Crippen molar-refractivity contribution in [3.63, 3.8) is 0 Å². The van der Waals surface area contributed by atoms with Crippen LogP contribution in [0.2, 0.25) is 0 Å². The molecule has 1 N–H and O–H groups in total. The van der Waals surface area contributed by atoms with Gasteiger partial charge in [-0.1, -0.05) is 0 Å². The van der Waals surface area contributed by atoms with Crippen molar-refractivity contribution in [2.75, 3.05) is 53.6 Å². The Labute approximate surface area is 92.9 Å². The molecule has 0 aromatic carbocycles. The lowest BCUT2D eigenvalue weighted by Crippen LogP contribution is -2.40. The van der Waals surface area contributed by atoms with Gasteiger partial charge in [0.15, 0.2) is 0 Å². The molecule has 1 aliphatic heterocycles. The summed E-state index contributed by atoms with van der Waals surface area (Å²) >= 11 is 0. The van der Waals surface area contributed by atoms with E-state index in [1.165, 1.54) is 19.4 Å². The Morgan fingerprint density at radius 3 is 2.33 bits per heavy atom. The first-order valence-electron chi connectivity index (χ1n) is 5.80. The Balaban J connectivity index is 2.19. The average Bonchev–Trinajstić information content (AvgIpc) is 2.74. The molecule has 0 aliphatic carbocycles. The van der Waals surface area contributed by atoms with Crippen molar-refractivity contribution in [3.05, 3.63) is 0 Å². The SMILES string of the molecule is COCCN(CCOC)C[C@H]1CCCN1. The summed E-state index contributed by atoms with van der Waals surface area (Å²) in [5.74, 6) is 0. The van der Waals surface area contributed by atoms with Crippen molar-refractivity contribution < 1.29 is 9.47 Å². The second-order valence-corrected chi connectivity index (χ2v) is 4.08. The van der Waals surface area contributed by atoms with E-state index in [9.17, 15) is 0 Å². The largest absolute Gasteiger partial charge is 0.383 e. The van der Waals surface area contributed by atoms with E-state index in [1.807, 2.05) is 0 Å². The van der Waals surface area contributed by atoms with Crippen molar-refractivity contribution in [2.24, 2.45) is 0 Å². The van der Waals surface area contributed by atoms with Gasteiger partial charge in [-0.05, 0) is 19.4 Å². The molecule has 0 aromatic heterocycles. The first-order chi connectivity index (χ1) is 7.36. The molecular formula is C11H24N2O2. The third-order valence-corrected chi connectivity index (χ3v) is 2.86. The number of hydrogen-bond donors (Lipinski definition) is 1. The average molecular weight is 216 g/mol. The zero-order chi connectivity index (χ0) is 10.9. The number of methoxy groups -OCH3 is 2. The normalized spacial score (nSPS) is 21.4. The van der Waals surface area contributed by atoms with Crippen molar-refractivity contribution in [1.82, 2.24) is 10.2 Å². The Bertz CT molecular complexity index is 142. The summed E-state index contributed by atoms with van der Waals surface area (Å²) in [6, 6.07) is 0.665. The van der Waals surface area contributed by atoms with E-state index in [0.29, 0.717) is 6.04 Å². The molecular weight excluding hydrogens is 192 g/mol. The van der Waals surface area contributed by atoms with Crippen LogP contribution < -0.4 is 5.32 Å². The summed E-state index contributed by atoms with van der Waals surface area (Å²) in [4.78, 5) is 2.41. The van der Waals surface area contributed by atoms with Gasteiger partial charge in [0.25, 0.3) is 0 Å². The zero-order valence-corrected chi connectivity index (χ0v) is 10.00. The van der Waals surface area contributed by atoms with Gasteiger partial charge in [-0.3, -0.25) is 4.90 Å². The van der Waals surface area contributed by atoms with Gasteiger partial charge in [-0.2, -0.15) is 0 Å². The zero-order valence-electron chi connectivity index (χ0n) is 10.00. The quantitative estimate of drug-likeness (QED) is 0.634. The molecule has 0 amide bonds. The molecule has 1 atom stereocenters. The molecule has 4 heteroatoms. The Morgan fingerprint density at radius 1 is 1.20 bits per heavy atom. The van der Waals surface area contributed by atoms with Gasteiger partial charge in [0.1, 0.15) is 0 Å². The number of ether oxygens (including phenoxy) is 2. The fourth-order valence-corrected chi connectivity index (χ4v) is 1.96. The molecule has 0 bridgehead atoms. The highest BCUT2D eigenvalue weighted by Crippen LogP contribution is 2.06. The summed E-state index contributed by atoms with van der Waals surface area (Å²) in [6.45, 7) is 5.89. The molecule has 0 unspecified atom stereocenters. The monoisotopic (exact) mass is 216 g/mol. The number of nitrogens with zero attached hydrogens (tertiary/aromatic N) is 1. The van der Waals surface area contributed by atoms with Crippen molar-refractivity contribution in [1.29, 1.82) is 0 Å². The van der Waals surface area contributed by atoms with Gasteiger partial charge in [-0.25, -0.2) is 0 Å². The molecule has 1 aliphatic rings. The van der Waals surface area contributed by atoms with E-state index in [-0.39, 0.29) is 0 Å². The molecule has 1 saturated heterocycles. The lowest BCUT2D eigenvalue weighted by Gasteiger charge is -2.24. The summed E-state index contributed by atoms with van der Waals surface area (Å²) in [5.41, 5.74) is 0. The molecule has 1 fully saturated rings. The standard InChI is InChI=1S/C11H24N2O2/c1-14-8-6-13(7-9-15-2)10-11-4-3-5-12-11/h11-12H,3-10H2,1-2H3/t11-/m1/s1. The summed E-state index contributed by atoms with van der Waals surface area (Å²) in [7, 11) is 3.50. The van der Waals surface area contributed by atoms with E-state index < -0.39 is 0 Å². The van der Waals surface area contributed by atoms with Crippen molar-refractivity contribution >= 4 is 0 Å². The van der Waals surface area contributed by atoms with Crippen LogP contribution in [0, 0.1) is 0 Å². The van der Waals surface area contributed by atoms with Gasteiger partial charge in [0, 0.05) is 39.9 Å². The first-order valence-corrected chi connectivity index (χ1v) is 5.80. The minimum absolute atomic E-state index is 0.665. The van der Waals surface area contributed by atoms with Crippen LogP contribution in [0.3, 0.4) is 0 Å². The highest BCUT2D eigenvalue weighted by molar-refractivity contribution is 4.77. The molecule has 1 rings (SSSR count). The number of nitrogens with one attached hydrogen (secondary N) is 1. The van der Waals surface area contributed by atoms with Crippen LogP contribution in [-0.4, -0.2) is 64.6 Å². The maximum atomic E-state index is 5.11. The molecule has 1 heterocycles. The fourth-order valence-electron chi connectivity index (χ4n) is 1.96. The maximum Gasteiger partial charge on any atom is 0.0589 e. The highest BCUT2D eigenvalue weighted by Gasteiger charge is 2.17. The van der Waals surface area contributed by atoms with Crippen molar-refractivity contribution in [3.8, 4) is 0 Å². The van der Waals surface area contributed by atoms with Gasteiger partial charge >= 0.3 is 0 Å². The van der Waals surface area contributed by atoms with E-state index in [4.69, 9.17) is 9.47 Å². The Morgan fingerprint density at radius 2 is 1.87 bits per heavy atom. The van der Waals surface area contributed by atoms with Gasteiger partial charge in [0.05, 0.1) is 13.2 Å². The minimum Gasteiger partial charge on any atom is -0.383 e. The predicted molar refractivity (Wildman–Crippen MR) is 61.2 cm³/mol. The fraction of sp³-hybridized carbons (Fsp3) is 1.00. The maximum absolute atomic E-state index is 5.11. The predicted octanol–water partition coefficient (Wildman–Crippen LogP) is 0.333. The smallest absolute Gasteiger partial charge is 0.0589 e. The van der Waals surface area contributed by atoms with Crippen molar-refractivity contribution in [2.45, 2.75) is 18.9 Å². The summed E-state index contributed by atoms with van der Waals surface area (Å²) in [6.07, 6.45) is 2.61. The topological polar surface area (TPSA) is 33.7 Å². The Kier molecular flexibility index (Phi) is 6.92. The number of hydrogen-bond acceptors (Lipinski definition) is 4. The van der Waals surface area contributed by atoms with Crippen LogP contribution in [-0.2, 0) is 9.47 Å². The van der Waals surface area contributed by atoms with E-state index >= 15 is 0 Å². The van der Waals surface area contributed by atoms with E-state index in [0.717, 1.165) is 32.8 Å². The highest BCUT2D eigenvalue weighted by atomic mass is 16.5. The van der Waals surface area contributed by atoms with Crippen LogP contribution in [0.5, 0.6) is 0 Å². The van der Waals surface area contributed by atoms with Gasteiger partial charge in [0.2, 0.25) is 0 Å². The van der Waals surface area contributed by atoms with Crippen LogP contribution >= 0.6 is 0 Å². The molecule has 0 aromatic rings. The molecule has 15 heavy (non-hydrogen) atoms. The summed E-state index contributed by atoms with van der Waals surface area (Å²) < 4.78 is 10.2. The van der Waals surface area contributed by atoms with Crippen LogP contribution in [0.15, 0.2) is 0 Å². The molecule has 0 radical (unpaired) electrons. The second-order valence-electron chi connectivity index (χ2n) is 4.08. The van der Waals surface area contributed by atoms with E-state index in [2.05, 4.69) is 10.2 Å². The lowest BCUT2D eigenvalue weighted by atomic mass is 10.2. The second kappa shape index (κ2) is 8.05. The molecule has 0 saturated carbocycles. The third kappa shape index (κ3) is 5.47. The van der Waals surface area contributed by atoms with E-state index in [1.54, 1.807) is 14.2 Å². The number of rotatable bonds is 8. The Hall–Kier alpha value is -0.160. The summed E-state index contributed by atoms with van der Waals surface area (Å²) in [5, 5.41) is 3.52. The van der Waals surface area contributed by atoms with Crippen LogP contribution in [0.25, 0.3) is 0 Å². The molecule has 0 spiro atoms. The van der Waals surface area contributed by atoms with Crippen LogP contribution in [0.4, 0.5) is 0 Å². The lowest BCUT2D eigenvalue weighted by molar-refractivity contribution is 0.109. The van der Waals surface area contributed by atoms with Crippen LogP contribution in [0.1, 0.15) is 12.8 Å².